The fourth-order valence-corrected chi connectivity index (χ4v) is 7.62. The van der Waals surface area contributed by atoms with E-state index in [2.05, 4.69) is 41.9 Å². The SMILES string of the molecule is COc1ccc(C2=NN(Cc3ccc(C(=O)N4CCN(CCN5CCOCC5)CC4)cc3)C(=O)[C@@H]3CC=CC[C@H]23)c2c1OC(C)(C)C2.Cl.Cl. The van der Waals surface area contributed by atoms with Crippen molar-refractivity contribution in [3.05, 3.63) is 70.8 Å². The molecular formula is C37H49Cl2N5O5. The molecule has 0 saturated carbocycles. The number of hydrogen-bond acceptors (Lipinski definition) is 8. The molecule has 0 unspecified atom stereocenters. The van der Waals surface area contributed by atoms with Gasteiger partial charge in [-0.05, 0) is 56.5 Å². The van der Waals surface area contributed by atoms with Crippen LogP contribution in [0.5, 0.6) is 11.5 Å². The third-order valence-corrected chi connectivity index (χ3v) is 10.3. The van der Waals surface area contributed by atoms with E-state index in [-0.39, 0.29) is 54.1 Å². The van der Waals surface area contributed by atoms with E-state index in [4.69, 9.17) is 19.3 Å². The van der Waals surface area contributed by atoms with Gasteiger partial charge in [0.25, 0.3) is 5.91 Å². The quantitative estimate of drug-likeness (QED) is 0.368. The highest BCUT2D eigenvalue weighted by molar-refractivity contribution is 6.08. The van der Waals surface area contributed by atoms with E-state index in [9.17, 15) is 9.59 Å². The van der Waals surface area contributed by atoms with Crippen molar-refractivity contribution < 1.29 is 23.8 Å². The van der Waals surface area contributed by atoms with Gasteiger partial charge in [-0.25, -0.2) is 5.01 Å². The number of methoxy groups -OCH3 is 1. The molecule has 0 bridgehead atoms. The van der Waals surface area contributed by atoms with Crippen LogP contribution in [-0.2, 0) is 22.5 Å². The molecule has 1 aliphatic carbocycles. The zero-order valence-electron chi connectivity index (χ0n) is 28.8. The summed E-state index contributed by atoms with van der Waals surface area (Å²) in [5.41, 5.74) is 4.35. The van der Waals surface area contributed by atoms with Crippen molar-refractivity contribution in [1.82, 2.24) is 19.7 Å². The molecule has 10 nitrogen and oxygen atoms in total. The minimum Gasteiger partial charge on any atom is -0.493 e. The number of morpholine rings is 1. The number of nitrogens with zero attached hydrogens (tertiary/aromatic N) is 5. The smallest absolute Gasteiger partial charge is 0.253 e. The number of rotatable bonds is 8. The summed E-state index contributed by atoms with van der Waals surface area (Å²) in [7, 11) is 1.66. The number of carbonyl (C=O) groups is 2. The number of benzene rings is 2. The molecule has 4 aliphatic heterocycles. The highest BCUT2D eigenvalue weighted by atomic mass is 35.5. The van der Waals surface area contributed by atoms with Crippen LogP contribution in [0.15, 0.2) is 53.7 Å². The average Bonchev–Trinajstić information content (AvgIpc) is 3.44. The molecule has 49 heavy (non-hydrogen) atoms. The lowest BCUT2D eigenvalue weighted by atomic mass is 9.75. The van der Waals surface area contributed by atoms with Gasteiger partial charge in [-0.3, -0.25) is 19.4 Å². The molecular weight excluding hydrogens is 665 g/mol. The van der Waals surface area contributed by atoms with E-state index in [1.807, 2.05) is 35.2 Å². The Morgan fingerprint density at radius 2 is 1.55 bits per heavy atom. The van der Waals surface area contributed by atoms with Crippen LogP contribution in [0.2, 0.25) is 0 Å². The minimum absolute atomic E-state index is 0. The van der Waals surface area contributed by atoms with Gasteiger partial charge in [0.15, 0.2) is 11.5 Å². The number of fused-ring (bicyclic) bond motifs is 2. The summed E-state index contributed by atoms with van der Waals surface area (Å²) in [4.78, 5) is 34.0. The van der Waals surface area contributed by atoms with E-state index in [0.29, 0.717) is 18.5 Å². The van der Waals surface area contributed by atoms with Crippen LogP contribution in [0.1, 0.15) is 53.7 Å². The molecule has 12 heteroatoms. The first-order valence-corrected chi connectivity index (χ1v) is 17.1. The number of allylic oxidation sites excluding steroid dienone is 2. The summed E-state index contributed by atoms with van der Waals surface area (Å²) < 4.78 is 17.4. The Hall–Kier alpha value is -3.15. The van der Waals surface area contributed by atoms with Crippen molar-refractivity contribution in [3.63, 3.8) is 0 Å². The van der Waals surface area contributed by atoms with E-state index < -0.39 is 0 Å². The molecule has 0 N–H and O–H groups in total. The Balaban J connectivity index is 0.00000234. The van der Waals surface area contributed by atoms with Gasteiger partial charge in [-0.2, -0.15) is 5.10 Å². The maximum atomic E-state index is 13.8. The van der Waals surface area contributed by atoms with Crippen molar-refractivity contribution in [2.75, 3.05) is 72.7 Å². The lowest BCUT2D eigenvalue weighted by molar-refractivity contribution is -0.138. The first-order chi connectivity index (χ1) is 22.8. The number of hydrazone groups is 1. The van der Waals surface area contributed by atoms with Gasteiger partial charge in [-0.1, -0.05) is 24.3 Å². The second-order valence-electron chi connectivity index (χ2n) is 14.0. The lowest BCUT2D eigenvalue weighted by Gasteiger charge is -2.37. The molecule has 0 aromatic heterocycles. The Morgan fingerprint density at radius 3 is 2.22 bits per heavy atom. The zero-order valence-corrected chi connectivity index (χ0v) is 30.4. The highest BCUT2D eigenvalue weighted by Crippen LogP contribution is 2.46. The predicted molar refractivity (Wildman–Crippen MR) is 194 cm³/mol. The van der Waals surface area contributed by atoms with Crippen LogP contribution < -0.4 is 9.47 Å². The second kappa shape index (κ2) is 15.8. The first kappa shape index (κ1) is 37.1. The number of amides is 2. The third-order valence-electron chi connectivity index (χ3n) is 10.3. The fourth-order valence-electron chi connectivity index (χ4n) is 7.62. The summed E-state index contributed by atoms with van der Waals surface area (Å²) in [5, 5.41) is 6.70. The van der Waals surface area contributed by atoms with Crippen molar-refractivity contribution >= 4 is 42.3 Å². The second-order valence-corrected chi connectivity index (χ2v) is 14.0. The molecule has 4 heterocycles. The zero-order chi connectivity index (χ0) is 32.5. The summed E-state index contributed by atoms with van der Waals surface area (Å²) in [6.45, 7) is 13.5. The highest BCUT2D eigenvalue weighted by Gasteiger charge is 2.43. The summed E-state index contributed by atoms with van der Waals surface area (Å²) in [6.07, 6.45) is 6.52. The van der Waals surface area contributed by atoms with E-state index >= 15 is 0 Å². The summed E-state index contributed by atoms with van der Waals surface area (Å²) in [5.74, 6) is 1.47. The number of carbonyl (C=O) groups excluding carboxylic acids is 2. The maximum Gasteiger partial charge on any atom is 0.253 e. The summed E-state index contributed by atoms with van der Waals surface area (Å²) >= 11 is 0. The van der Waals surface area contributed by atoms with Gasteiger partial charge in [0.2, 0.25) is 5.91 Å². The number of piperazine rings is 1. The molecule has 5 aliphatic rings. The van der Waals surface area contributed by atoms with Gasteiger partial charge >= 0.3 is 0 Å². The van der Waals surface area contributed by atoms with Crippen molar-refractivity contribution in [2.24, 2.45) is 16.9 Å². The van der Waals surface area contributed by atoms with Crippen LogP contribution in [0.4, 0.5) is 0 Å². The standard InChI is InChI=1S/C37H47N5O5.2ClH/c1-37(2)24-31-29(12-13-32(45-3)34(31)47-37)33-28-6-4-5-7-30(28)36(44)42(38-33)25-26-8-10-27(11-9-26)35(43)41-18-16-39(17-19-41)14-15-40-20-22-46-23-21-40;;/h4-5,8-13,28,30H,6-7,14-25H2,1-3H3;2*1H/t28-,30+;;/m0../s1. The topological polar surface area (TPSA) is 87.2 Å². The molecule has 266 valence electrons. The average molecular weight is 715 g/mol. The minimum atomic E-state index is -0.349. The molecule has 2 aromatic rings. The van der Waals surface area contributed by atoms with Crippen LogP contribution in [-0.4, -0.2) is 116 Å². The first-order valence-electron chi connectivity index (χ1n) is 17.1. The van der Waals surface area contributed by atoms with Gasteiger partial charge in [0.1, 0.15) is 5.60 Å². The van der Waals surface area contributed by atoms with Crippen LogP contribution in [0.25, 0.3) is 0 Å². The Morgan fingerprint density at radius 1 is 0.898 bits per heavy atom. The van der Waals surface area contributed by atoms with Gasteiger partial charge in [-0.15, -0.1) is 24.8 Å². The lowest BCUT2D eigenvalue weighted by Crippen LogP contribution is -2.51. The fraction of sp³-hybridized carbons (Fsp3) is 0.541. The Bertz CT molecular complexity index is 1550. The predicted octanol–water partition coefficient (Wildman–Crippen LogP) is 4.67. The van der Waals surface area contributed by atoms with E-state index in [0.717, 1.165) is 112 Å². The summed E-state index contributed by atoms with van der Waals surface area (Å²) in [6, 6.07) is 11.7. The Labute approximate surface area is 302 Å². The number of ether oxygens (including phenoxy) is 3. The van der Waals surface area contributed by atoms with Crippen LogP contribution in [0.3, 0.4) is 0 Å². The molecule has 7 rings (SSSR count). The number of hydrogen-bond donors (Lipinski definition) is 0. The monoisotopic (exact) mass is 713 g/mol. The van der Waals surface area contributed by atoms with Gasteiger partial charge < -0.3 is 19.1 Å². The van der Waals surface area contributed by atoms with E-state index in [1.165, 1.54) is 0 Å². The van der Waals surface area contributed by atoms with Crippen LogP contribution >= 0.6 is 24.8 Å². The van der Waals surface area contributed by atoms with Crippen molar-refractivity contribution in [3.8, 4) is 11.5 Å². The molecule has 0 spiro atoms. The molecule has 0 radical (unpaired) electrons. The molecule has 2 saturated heterocycles. The van der Waals surface area contributed by atoms with Crippen molar-refractivity contribution in [1.29, 1.82) is 0 Å². The van der Waals surface area contributed by atoms with Gasteiger partial charge in [0.05, 0.1) is 38.5 Å². The Kier molecular flexibility index (Phi) is 12.0. The molecule has 2 fully saturated rings. The molecule has 2 aromatic carbocycles. The van der Waals surface area contributed by atoms with Gasteiger partial charge in [0, 0.05) is 81.4 Å². The van der Waals surface area contributed by atoms with Crippen LogP contribution in [0, 0.1) is 11.8 Å². The third kappa shape index (κ3) is 7.94. The maximum absolute atomic E-state index is 13.8. The molecule has 2 amide bonds. The van der Waals surface area contributed by atoms with Crippen molar-refractivity contribution in [2.45, 2.75) is 45.3 Å². The number of halogens is 2. The normalized spacial score (nSPS) is 23.4. The van der Waals surface area contributed by atoms with E-state index in [1.54, 1.807) is 12.1 Å². The largest absolute Gasteiger partial charge is 0.493 e. The molecule has 2 atom stereocenters.